The van der Waals surface area contributed by atoms with Crippen molar-refractivity contribution >= 4 is 35.0 Å². The summed E-state index contributed by atoms with van der Waals surface area (Å²) < 4.78 is 0. The number of rotatable bonds is 4. The Morgan fingerprint density at radius 1 is 1.16 bits per heavy atom. The van der Waals surface area contributed by atoms with Crippen molar-refractivity contribution in [2.45, 2.75) is 13.0 Å². The Bertz CT molecular complexity index is 557. The normalized spacial score (nSPS) is 12.0. The summed E-state index contributed by atoms with van der Waals surface area (Å²) in [5, 5.41) is 7.33. The lowest BCUT2D eigenvalue weighted by Gasteiger charge is -2.16. The zero-order valence-electron chi connectivity index (χ0n) is 10.6. The highest BCUT2D eigenvalue weighted by Gasteiger charge is 2.10. The minimum Gasteiger partial charge on any atom is -0.362 e. The standard InChI is InChI=1S/C13H14Cl2N4/c1-8(9-3-5-10(14)6-4-9)18-12-11(15)7-17-13(16-2)19-12/h3-8H,1-2H3,(H2,16,17,18,19). The van der Waals surface area contributed by atoms with Crippen molar-refractivity contribution in [1.82, 2.24) is 9.97 Å². The molecular weight excluding hydrogens is 283 g/mol. The van der Waals surface area contributed by atoms with Crippen LogP contribution in [0.4, 0.5) is 11.8 Å². The molecule has 0 bridgehead atoms. The van der Waals surface area contributed by atoms with E-state index in [0.717, 1.165) is 5.56 Å². The molecule has 0 amide bonds. The van der Waals surface area contributed by atoms with Gasteiger partial charge in [0.2, 0.25) is 5.95 Å². The summed E-state index contributed by atoms with van der Waals surface area (Å²) in [4.78, 5) is 8.32. The van der Waals surface area contributed by atoms with Crippen molar-refractivity contribution in [3.05, 3.63) is 46.1 Å². The summed E-state index contributed by atoms with van der Waals surface area (Å²) in [6, 6.07) is 7.71. The van der Waals surface area contributed by atoms with Crippen LogP contribution in [0.3, 0.4) is 0 Å². The summed E-state index contributed by atoms with van der Waals surface area (Å²) in [6.07, 6.45) is 1.57. The first-order valence-electron chi connectivity index (χ1n) is 5.82. The molecule has 0 saturated carbocycles. The first-order valence-corrected chi connectivity index (χ1v) is 6.58. The maximum absolute atomic E-state index is 6.07. The van der Waals surface area contributed by atoms with Crippen molar-refractivity contribution in [2.75, 3.05) is 17.7 Å². The van der Waals surface area contributed by atoms with Crippen LogP contribution < -0.4 is 10.6 Å². The smallest absolute Gasteiger partial charge is 0.224 e. The average Bonchev–Trinajstić information content (AvgIpc) is 2.42. The molecule has 0 aliphatic heterocycles. The molecule has 0 saturated heterocycles. The summed E-state index contributed by atoms with van der Waals surface area (Å²) >= 11 is 11.9. The average molecular weight is 297 g/mol. The number of halogens is 2. The third-order valence-electron chi connectivity index (χ3n) is 2.69. The minimum absolute atomic E-state index is 0.0642. The van der Waals surface area contributed by atoms with Crippen LogP contribution in [0.2, 0.25) is 10.0 Å². The molecule has 0 fully saturated rings. The number of hydrogen-bond acceptors (Lipinski definition) is 4. The molecule has 0 aliphatic carbocycles. The number of benzene rings is 1. The first kappa shape index (κ1) is 13.9. The predicted octanol–water partition coefficient (Wildman–Crippen LogP) is 4.00. The van der Waals surface area contributed by atoms with Gasteiger partial charge in [0, 0.05) is 18.1 Å². The zero-order chi connectivity index (χ0) is 13.8. The number of anilines is 2. The third-order valence-corrected chi connectivity index (χ3v) is 3.22. The number of nitrogens with zero attached hydrogens (tertiary/aromatic N) is 2. The van der Waals surface area contributed by atoms with Gasteiger partial charge in [-0.1, -0.05) is 35.3 Å². The lowest BCUT2D eigenvalue weighted by Crippen LogP contribution is -2.09. The van der Waals surface area contributed by atoms with E-state index in [4.69, 9.17) is 23.2 Å². The molecule has 0 radical (unpaired) electrons. The molecule has 2 N–H and O–H groups in total. The molecule has 19 heavy (non-hydrogen) atoms. The first-order chi connectivity index (χ1) is 9.10. The lowest BCUT2D eigenvalue weighted by atomic mass is 10.1. The van der Waals surface area contributed by atoms with Crippen LogP contribution in [0.15, 0.2) is 30.5 Å². The van der Waals surface area contributed by atoms with Gasteiger partial charge in [-0.3, -0.25) is 0 Å². The van der Waals surface area contributed by atoms with E-state index in [9.17, 15) is 0 Å². The highest BCUT2D eigenvalue weighted by Crippen LogP contribution is 2.25. The fourth-order valence-corrected chi connectivity index (χ4v) is 1.90. The Kier molecular flexibility index (Phi) is 4.45. The number of hydrogen-bond donors (Lipinski definition) is 2. The van der Waals surface area contributed by atoms with Crippen molar-refractivity contribution in [1.29, 1.82) is 0 Å². The number of nitrogens with one attached hydrogen (secondary N) is 2. The fourth-order valence-electron chi connectivity index (χ4n) is 1.63. The Hall–Kier alpha value is -1.52. The van der Waals surface area contributed by atoms with E-state index in [1.54, 1.807) is 13.2 Å². The molecule has 2 rings (SSSR count). The van der Waals surface area contributed by atoms with Crippen LogP contribution in [-0.4, -0.2) is 17.0 Å². The van der Waals surface area contributed by atoms with Crippen LogP contribution in [0.5, 0.6) is 0 Å². The topological polar surface area (TPSA) is 49.8 Å². The van der Waals surface area contributed by atoms with Gasteiger partial charge in [0.15, 0.2) is 5.82 Å². The molecule has 1 heterocycles. The lowest BCUT2D eigenvalue weighted by molar-refractivity contribution is 0.872. The number of aromatic nitrogens is 2. The van der Waals surface area contributed by atoms with Crippen LogP contribution in [0, 0.1) is 0 Å². The third kappa shape index (κ3) is 3.49. The molecule has 2 aromatic rings. The van der Waals surface area contributed by atoms with Crippen molar-refractivity contribution in [2.24, 2.45) is 0 Å². The van der Waals surface area contributed by atoms with Gasteiger partial charge in [-0.15, -0.1) is 0 Å². The molecule has 0 aliphatic rings. The Balaban J connectivity index is 2.18. The van der Waals surface area contributed by atoms with E-state index in [0.29, 0.717) is 21.8 Å². The fraction of sp³-hybridized carbons (Fsp3) is 0.231. The molecule has 1 aromatic carbocycles. The van der Waals surface area contributed by atoms with Crippen LogP contribution in [-0.2, 0) is 0 Å². The van der Waals surface area contributed by atoms with Gasteiger partial charge in [0.1, 0.15) is 5.02 Å². The summed E-state index contributed by atoms with van der Waals surface area (Å²) in [6.45, 7) is 2.03. The molecule has 4 nitrogen and oxygen atoms in total. The van der Waals surface area contributed by atoms with E-state index in [1.807, 2.05) is 31.2 Å². The maximum Gasteiger partial charge on any atom is 0.224 e. The van der Waals surface area contributed by atoms with Crippen LogP contribution in [0.1, 0.15) is 18.5 Å². The van der Waals surface area contributed by atoms with Crippen LogP contribution in [0.25, 0.3) is 0 Å². The monoisotopic (exact) mass is 296 g/mol. The minimum atomic E-state index is 0.0642. The second kappa shape index (κ2) is 6.08. The van der Waals surface area contributed by atoms with Gasteiger partial charge >= 0.3 is 0 Å². The van der Waals surface area contributed by atoms with E-state index in [1.165, 1.54) is 0 Å². The van der Waals surface area contributed by atoms with Crippen molar-refractivity contribution in [3.63, 3.8) is 0 Å². The molecule has 1 unspecified atom stereocenters. The Morgan fingerprint density at radius 3 is 2.47 bits per heavy atom. The summed E-state index contributed by atoms with van der Waals surface area (Å²) in [5.74, 6) is 1.12. The summed E-state index contributed by atoms with van der Waals surface area (Å²) in [5.41, 5.74) is 1.10. The van der Waals surface area contributed by atoms with Crippen molar-refractivity contribution in [3.8, 4) is 0 Å². The Labute approximate surface area is 122 Å². The van der Waals surface area contributed by atoms with Gasteiger partial charge in [-0.25, -0.2) is 4.98 Å². The maximum atomic E-state index is 6.07. The molecule has 100 valence electrons. The second-order valence-electron chi connectivity index (χ2n) is 4.06. The SMILES string of the molecule is CNc1ncc(Cl)c(NC(C)c2ccc(Cl)cc2)n1. The molecule has 0 spiro atoms. The van der Waals surface area contributed by atoms with E-state index >= 15 is 0 Å². The Morgan fingerprint density at radius 2 is 1.84 bits per heavy atom. The van der Waals surface area contributed by atoms with Crippen LogP contribution >= 0.6 is 23.2 Å². The van der Waals surface area contributed by atoms with E-state index in [2.05, 4.69) is 20.6 Å². The van der Waals surface area contributed by atoms with Gasteiger partial charge in [0.25, 0.3) is 0 Å². The van der Waals surface area contributed by atoms with Crippen molar-refractivity contribution < 1.29 is 0 Å². The quantitative estimate of drug-likeness (QED) is 0.895. The molecule has 6 heteroatoms. The highest BCUT2D eigenvalue weighted by atomic mass is 35.5. The van der Waals surface area contributed by atoms with E-state index in [-0.39, 0.29) is 6.04 Å². The van der Waals surface area contributed by atoms with Gasteiger partial charge in [-0.05, 0) is 24.6 Å². The predicted molar refractivity (Wildman–Crippen MR) is 80.1 cm³/mol. The van der Waals surface area contributed by atoms with Gasteiger partial charge in [-0.2, -0.15) is 4.98 Å². The molecule has 1 aromatic heterocycles. The zero-order valence-corrected chi connectivity index (χ0v) is 12.1. The molecular formula is C13H14Cl2N4. The molecule has 1 atom stereocenters. The highest BCUT2D eigenvalue weighted by molar-refractivity contribution is 6.32. The van der Waals surface area contributed by atoms with E-state index < -0.39 is 0 Å². The second-order valence-corrected chi connectivity index (χ2v) is 4.90. The van der Waals surface area contributed by atoms with Gasteiger partial charge in [0.05, 0.1) is 6.20 Å². The summed E-state index contributed by atoms with van der Waals surface area (Å²) in [7, 11) is 1.76. The largest absolute Gasteiger partial charge is 0.362 e. The van der Waals surface area contributed by atoms with Gasteiger partial charge < -0.3 is 10.6 Å².